The number of para-hydroxylation sites is 3. The van der Waals surface area contributed by atoms with Gasteiger partial charge in [-0.05, 0) is 101 Å². The number of anilines is 3. The van der Waals surface area contributed by atoms with Crippen molar-refractivity contribution < 1.29 is 4.42 Å². The molecule has 13 aromatic rings. The molecule has 270 valence electrons. The first-order chi connectivity index (χ1) is 28.7. The Labute approximate surface area is 337 Å². The van der Waals surface area contributed by atoms with Crippen LogP contribution in [0.4, 0.5) is 17.1 Å². The number of rotatable bonds is 5. The molecule has 0 saturated heterocycles. The zero-order valence-corrected chi connectivity index (χ0v) is 32.0. The van der Waals surface area contributed by atoms with E-state index in [9.17, 15) is 0 Å². The molecular weight excluding hydrogens is 725 g/mol. The molecule has 0 bridgehead atoms. The van der Waals surface area contributed by atoms with E-state index in [1.54, 1.807) is 0 Å². The molecule has 0 unspecified atom stereocenters. The third kappa shape index (κ3) is 4.55. The number of hydrogen-bond acceptors (Lipinski definition) is 3. The number of nitrogens with zero attached hydrogens (tertiary/aromatic N) is 2. The summed E-state index contributed by atoms with van der Waals surface area (Å²) < 4.78 is 11.4. The molecule has 0 aliphatic carbocycles. The third-order valence-electron chi connectivity index (χ3n) is 12.1. The Morgan fingerprint density at radius 3 is 1.71 bits per heavy atom. The predicted molar refractivity (Wildman–Crippen MR) is 247 cm³/mol. The van der Waals surface area contributed by atoms with E-state index in [0.29, 0.717) is 0 Å². The van der Waals surface area contributed by atoms with Crippen LogP contribution in [0, 0.1) is 0 Å². The molecule has 58 heavy (non-hydrogen) atoms. The fourth-order valence-corrected chi connectivity index (χ4v) is 10.6. The molecule has 4 aromatic heterocycles. The van der Waals surface area contributed by atoms with E-state index in [0.717, 1.165) is 50.1 Å². The molecular formula is C54H32N2OS. The van der Waals surface area contributed by atoms with E-state index in [2.05, 4.69) is 191 Å². The minimum Gasteiger partial charge on any atom is -0.456 e. The highest BCUT2D eigenvalue weighted by molar-refractivity contribution is 7.25. The normalized spacial score (nSPS) is 12.1. The summed E-state index contributed by atoms with van der Waals surface area (Å²) >= 11 is 1.86. The van der Waals surface area contributed by atoms with E-state index in [4.69, 9.17) is 4.42 Å². The number of fused-ring (bicyclic) bond motifs is 12. The van der Waals surface area contributed by atoms with Crippen molar-refractivity contribution in [3.8, 4) is 22.3 Å². The van der Waals surface area contributed by atoms with Gasteiger partial charge in [-0.15, -0.1) is 11.3 Å². The molecule has 0 aliphatic heterocycles. The first-order valence-electron chi connectivity index (χ1n) is 19.7. The first kappa shape index (κ1) is 31.8. The maximum Gasteiger partial charge on any atom is 0.136 e. The zero-order valence-electron chi connectivity index (χ0n) is 31.2. The van der Waals surface area contributed by atoms with Crippen molar-refractivity contribution in [2.45, 2.75) is 0 Å². The van der Waals surface area contributed by atoms with Crippen LogP contribution in [-0.2, 0) is 0 Å². The quantitative estimate of drug-likeness (QED) is 0.174. The summed E-state index contributed by atoms with van der Waals surface area (Å²) in [7, 11) is 0. The average molecular weight is 757 g/mol. The lowest BCUT2D eigenvalue weighted by atomic mass is 10.0. The SMILES string of the molecule is c1ccc2c(c1)oc1cc(-c3ccc(N(c4ccc(-c5ccc6sc7ccccc7c6c5)cc4)c4ccc5c6ccccc6n6c7ccccc7c4c56)cc3)ccc12. The highest BCUT2D eigenvalue weighted by Crippen LogP contribution is 2.48. The molecule has 4 heterocycles. The number of thiophene rings is 1. The van der Waals surface area contributed by atoms with Crippen molar-refractivity contribution >= 4 is 109 Å². The first-order valence-corrected chi connectivity index (χ1v) is 20.6. The number of aromatic nitrogens is 1. The van der Waals surface area contributed by atoms with E-state index in [1.165, 1.54) is 69.4 Å². The predicted octanol–water partition coefficient (Wildman–Crippen LogP) is 15.9. The molecule has 0 saturated carbocycles. The van der Waals surface area contributed by atoms with Crippen molar-refractivity contribution in [2.24, 2.45) is 0 Å². The van der Waals surface area contributed by atoms with Crippen LogP contribution >= 0.6 is 11.3 Å². The maximum atomic E-state index is 6.28. The topological polar surface area (TPSA) is 20.8 Å². The Kier molecular flexibility index (Phi) is 6.60. The second kappa shape index (κ2) is 12.1. The van der Waals surface area contributed by atoms with E-state index < -0.39 is 0 Å². The standard InChI is InChI=1S/C54H32N2OS/c1-5-13-46-39(9-1)43-28-29-48(53-44-12-2-6-14-47(44)56(46)54(43)53)55(37-23-17-33(18-24-37)35-22-30-52-45(31-35)42-11-4-8-16-51(42)58-52)38-25-19-34(20-26-38)36-21-27-41-40-10-3-7-15-49(40)57-50(41)32-36/h1-32H. The molecule has 0 aliphatic rings. The fourth-order valence-electron chi connectivity index (χ4n) is 9.47. The maximum absolute atomic E-state index is 6.28. The van der Waals surface area contributed by atoms with Crippen LogP contribution in [0.3, 0.4) is 0 Å². The monoisotopic (exact) mass is 756 g/mol. The van der Waals surface area contributed by atoms with Gasteiger partial charge in [-0.2, -0.15) is 0 Å². The molecule has 0 atom stereocenters. The Bertz CT molecular complexity index is 3740. The molecule has 0 radical (unpaired) electrons. The Morgan fingerprint density at radius 2 is 0.931 bits per heavy atom. The smallest absolute Gasteiger partial charge is 0.136 e. The third-order valence-corrected chi connectivity index (χ3v) is 13.3. The van der Waals surface area contributed by atoms with Crippen LogP contribution in [0.2, 0.25) is 0 Å². The minimum absolute atomic E-state index is 0.904. The van der Waals surface area contributed by atoms with Crippen LogP contribution in [0.15, 0.2) is 199 Å². The van der Waals surface area contributed by atoms with Crippen molar-refractivity contribution in [1.29, 1.82) is 0 Å². The second-order valence-corrected chi connectivity index (χ2v) is 16.4. The summed E-state index contributed by atoms with van der Waals surface area (Å²) in [5.41, 5.74) is 13.6. The van der Waals surface area contributed by atoms with Gasteiger partial charge in [0.1, 0.15) is 11.2 Å². The van der Waals surface area contributed by atoms with Crippen LogP contribution < -0.4 is 4.90 Å². The Hall–Kier alpha value is -7.40. The molecule has 13 rings (SSSR count). The van der Waals surface area contributed by atoms with Crippen LogP contribution in [0.1, 0.15) is 0 Å². The zero-order chi connectivity index (χ0) is 37.9. The number of furan rings is 1. The fraction of sp³-hybridized carbons (Fsp3) is 0. The summed E-state index contributed by atoms with van der Waals surface area (Å²) in [6.45, 7) is 0. The molecule has 0 fully saturated rings. The van der Waals surface area contributed by atoms with Crippen molar-refractivity contribution in [2.75, 3.05) is 4.90 Å². The second-order valence-electron chi connectivity index (χ2n) is 15.3. The highest BCUT2D eigenvalue weighted by Gasteiger charge is 2.24. The van der Waals surface area contributed by atoms with E-state index in [1.807, 2.05) is 23.5 Å². The van der Waals surface area contributed by atoms with Gasteiger partial charge in [0, 0.05) is 63.9 Å². The van der Waals surface area contributed by atoms with Gasteiger partial charge in [0.25, 0.3) is 0 Å². The van der Waals surface area contributed by atoms with Gasteiger partial charge in [0.15, 0.2) is 0 Å². The lowest BCUT2D eigenvalue weighted by Gasteiger charge is -2.27. The Morgan fingerprint density at radius 1 is 0.379 bits per heavy atom. The molecule has 9 aromatic carbocycles. The van der Waals surface area contributed by atoms with Gasteiger partial charge in [-0.1, -0.05) is 115 Å². The van der Waals surface area contributed by atoms with Crippen molar-refractivity contribution in [1.82, 2.24) is 4.40 Å². The number of benzene rings is 9. The van der Waals surface area contributed by atoms with Crippen LogP contribution in [0.25, 0.3) is 102 Å². The summed E-state index contributed by atoms with van der Waals surface area (Å²) in [5, 5.41) is 9.96. The lowest BCUT2D eigenvalue weighted by molar-refractivity contribution is 0.669. The lowest BCUT2D eigenvalue weighted by Crippen LogP contribution is -2.10. The molecule has 4 heteroatoms. The largest absolute Gasteiger partial charge is 0.456 e. The summed E-state index contributed by atoms with van der Waals surface area (Å²) in [5.74, 6) is 0. The van der Waals surface area contributed by atoms with Gasteiger partial charge < -0.3 is 13.7 Å². The summed E-state index contributed by atoms with van der Waals surface area (Å²) in [6.07, 6.45) is 0. The average Bonchev–Trinajstić information content (AvgIpc) is 4.04. The van der Waals surface area contributed by atoms with Crippen LogP contribution in [0.5, 0.6) is 0 Å². The highest BCUT2D eigenvalue weighted by atomic mass is 32.1. The Balaban J connectivity index is 0.985. The minimum atomic E-state index is 0.904. The molecule has 0 spiro atoms. The summed E-state index contributed by atoms with van der Waals surface area (Å²) in [4.78, 5) is 2.43. The van der Waals surface area contributed by atoms with E-state index >= 15 is 0 Å². The van der Waals surface area contributed by atoms with Gasteiger partial charge >= 0.3 is 0 Å². The van der Waals surface area contributed by atoms with Gasteiger partial charge in [0.2, 0.25) is 0 Å². The van der Waals surface area contributed by atoms with Gasteiger partial charge in [-0.3, -0.25) is 0 Å². The van der Waals surface area contributed by atoms with Gasteiger partial charge in [0.05, 0.1) is 22.2 Å². The molecule has 0 N–H and O–H groups in total. The molecule has 0 amide bonds. The molecule has 3 nitrogen and oxygen atoms in total. The summed E-state index contributed by atoms with van der Waals surface area (Å²) in [6, 6.07) is 70.8. The van der Waals surface area contributed by atoms with E-state index in [-0.39, 0.29) is 0 Å². The number of hydrogen-bond donors (Lipinski definition) is 0. The van der Waals surface area contributed by atoms with Gasteiger partial charge in [-0.25, -0.2) is 0 Å². The van der Waals surface area contributed by atoms with Crippen LogP contribution in [-0.4, -0.2) is 4.40 Å². The van der Waals surface area contributed by atoms with Crippen molar-refractivity contribution in [3.05, 3.63) is 194 Å². The van der Waals surface area contributed by atoms with Crippen molar-refractivity contribution in [3.63, 3.8) is 0 Å².